The number of aliphatic hydroxyl groups is 1. The highest BCUT2D eigenvalue weighted by Crippen LogP contribution is 2.41. The van der Waals surface area contributed by atoms with Crippen LogP contribution < -0.4 is 5.32 Å². The van der Waals surface area contributed by atoms with Gasteiger partial charge in [-0.2, -0.15) is 0 Å². The number of benzene rings is 2. The number of rotatable bonds is 12. The first kappa shape index (κ1) is 26.5. The molecular weight excluding hydrogens is 452 g/mol. The van der Waals surface area contributed by atoms with Gasteiger partial charge < -0.3 is 25.5 Å². The maximum Gasteiger partial charge on any atom is 0.222 e. The lowest BCUT2D eigenvalue weighted by Crippen LogP contribution is -2.50. The van der Waals surface area contributed by atoms with E-state index >= 15 is 0 Å². The average Bonchev–Trinajstić information content (AvgIpc) is 3.71. The van der Waals surface area contributed by atoms with Gasteiger partial charge in [-0.05, 0) is 106 Å². The van der Waals surface area contributed by atoms with E-state index in [-0.39, 0.29) is 29.4 Å². The zero-order valence-electron chi connectivity index (χ0n) is 21.5. The molecule has 3 atom stereocenters. The SMILES string of the molecule is CN(C(=O)CCc1ccccc1)C1CCC(O)(CCc2ccc(O)c(O)c2)C(CCNCC2CC2)C1. The van der Waals surface area contributed by atoms with Crippen LogP contribution in [0.15, 0.2) is 48.5 Å². The summed E-state index contributed by atoms with van der Waals surface area (Å²) >= 11 is 0. The molecule has 36 heavy (non-hydrogen) atoms. The third-order valence-corrected chi connectivity index (χ3v) is 8.32. The highest BCUT2D eigenvalue weighted by atomic mass is 16.3. The maximum atomic E-state index is 13.0. The molecule has 6 nitrogen and oxygen atoms in total. The molecule has 0 bridgehead atoms. The number of phenols is 2. The fourth-order valence-corrected chi connectivity index (χ4v) is 5.62. The van der Waals surface area contributed by atoms with Crippen molar-refractivity contribution in [3.8, 4) is 11.5 Å². The van der Waals surface area contributed by atoms with Gasteiger partial charge in [0.2, 0.25) is 5.91 Å². The highest BCUT2D eigenvalue weighted by Gasteiger charge is 2.43. The largest absolute Gasteiger partial charge is 0.504 e. The first-order valence-corrected chi connectivity index (χ1v) is 13.6. The van der Waals surface area contributed by atoms with Crippen molar-refractivity contribution in [3.63, 3.8) is 0 Å². The molecule has 0 radical (unpaired) electrons. The van der Waals surface area contributed by atoms with Crippen LogP contribution in [-0.4, -0.2) is 57.9 Å². The minimum Gasteiger partial charge on any atom is -0.504 e. The Labute approximate surface area is 215 Å². The van der Waals surface area contributed by atoms with Crippen molar-refractivity contribution in [2.24, 2.45) is 11.8 Å². The Balaban J connectivity index is 1.36. The molecule has 0 aromatic heterocycles. The third kappa shape index (κ3) is 7.23. The molecule has 196 valence electrons. The number of amides is 1. The maximum absolute atomic E-state index is 13.0. The molecule has 4 rings (SSSR count). The van der Waals surface area contributed by atoms with Crippen molar-refractivity contribution in [2.75, 3.05) is 20.1 Å². The van der Waals surface area contributed by atoms with Crippen molar-refractivity contribution in [2.45, 2.75) is 75.9 Å². The van der Waals surface area contributed by atoms with E-state index in [0.717, 1.165) is 50.3 Å². The summed E-state index contributed by atoms with van der Waals surface area (Å²) in [7, 11) is 1.92. The van der Waals surface area contributed by atoms with Crippen LogP contribution in [0.2, 0.25) is 0 Å². The molecule has 2 aromatic carbocycles. The summed E-state index contributed by atoms with van der Waals surface area (Å²) in [4.78, 5) is 14.9. The van der Waals surface area contributed by atoms with Gasteiger partial charge in [-0.1, -0.05) is 36.4 Å². The van der Waals surface area contributed by atoms with Crippen LogP contribution in [0.4, 0.5) is 0 Å². The van der Waals surface area contributed by atoms with Gasteiger partial charge in [0.05, 0.1) is 5.60 Å². The molecule has 2 aliphatic carbocycles. The lowest BCUT2D eigenvalue weighted by Gasteiger charge is -2.46. The van der Waals surface area contributed by atoms with Crippen LogP contribution in [-0.2, 0) is 17.6 Å². The number of phenolic OH excluding ortho intramolecular Hbond substituents is 2. The normalized spacial score (nSPS) is 23.9. The molecule has 3 unspecified atom stereocenters. The van der Waals surface area contributed by atoms with E-state index in [9.17, 15) is 20.1 Å². The lowest BCUT2D eigenvalue weighted by molar-refractivity contribution is -0.136. The fourth-order valence-electron chi connectivity index (χ4n) is 5.62. The Morgan fingerprint density at radius 3 is 2.53 bits per heavy atom. The van der Waals surface area contributed by atoms with Crippen LogP contribution >= 0.6 is 0 Å². The standard InChI is InChI=1S/C30H42N2O4/c1-32(29(35)12-10-22-5-3-2-4-6-22)26-14-17-30(36,16-13-23-9-11-27(33)28(34)19-23)25(20-26)15-18-31-21-24-7-8-24/h2-6,9,11,19,24-26,31,33-34,36H,7-8,10,12-18,20-21H2,1H3. The predicted molar refractivity (Wildman–Crippen MR) is 142 cm³/mol. The zero-order chi connectivity index (χ0) is 25.5. The highest BCUT2D eigenvalue weighted by molar-refractivity contribution is 5.76. The van der Waals surface area contributed by atoms with Crippen molar-refractivity contribution in [1.29, 1.82) is 0 Å². The molecule has 2 saturated carbocycles. The van der Waals surface area contributed by atoms with E-state index in [0.29, 0.717) is 25.7 Å². The molecule has 4 N–H and O–H groups in total. The Hall–Kier alpha value is -2.57. The van der Waals surface area contributed by atoms with E-state index < -0.39 is 5.60 Å². The summed E-state index contributed by atoms with van der Waals surface area (Å²) in [5, 5.41) is 34.8. The number of nitrogens with one attached hydrogen (secondary N) is 1. The Bertz CT molecular complexity index is 994. The second-order valence-corrected chi connectivity index (χ2v) is 11.0. The second-order valence-electron chi connectivity index (χ2n) is 11.0. The number of hydrogen-bond donors (Lipinski definition) is 4. The van der Waals surface area contributed by atoms with Crippen LogP contribution in [0.25, 0.3) is 0 Å². The van der Waals surface area contributed by atoms with Gasteiger partial charge in [-0.3, -0.25) is 4.79 Å². The molecule has 1 amide bonds. The van der Waals surface area contributed by atoms with Gasteiger partial charge in [-0.15, -0.1) is 0 Å². The van der Waals surface area contributed by atoms with Gasteiger partial charge in [0, 0.05) is 19.5 Å². The lowest BCUT2D eigenvalue weighted by atomic mass is 9.69. The van der Waals surface area contributed by atoms with Crippen molar-refractivity contribution in [1.82, 2.24) is 10.2 Å². The number of carbonyl (C=O) groups excluding carboxylic acids is 1. The number of aromatic hydroxyl groups is 2. The zero-order valence-corrected chi connectivity index (χ0v) is 21.5. The molecule has 0 saturated heterocycles. The van der Waals surface area contributed by atoms with Gasteiger partial charge in [0.25, 0.3) is 0 Å². The molecule has 2 fully saturated rings. The molecule has 0 aliphatic heterocycles. The van der Waals surface area contributed by atoms with Crippen molar-refractivity contribution < 1.29 is 20.1 Å². The van der Waals surface area contributed by atoms with E-state index in [2.05, 4.69) is 17.4 Å². The van der Waals surface area contributed by atoms with Crippen molar-refractivity contribution >= 4 is 5.91 Å². The van der Waals surface area contributed by atoms with E-state index in [1.165, 1.54) is 24.5 Å². The first-order valence-electron chi connectivity index (χ1n) is 13.6. The summed E-state index contributed by atoms with van der Waals surface area (Å²) in [5.41, 5.74) is 1.27. The summed E-state index contributed by atoms with van der Waals surface area (Å²) in [6.45, 7) is 1.93. The van der Waals surface area contributed by atoms with E-state index in [4.69, 9.17) is 0 Å². The minimum absolute atomic E-state index is 0.0954. The topological polar surface area (TPSA) is 93.0 Å². The van der Waals surface area contributed by atoms with Crippen LogP contribution in [0, 0.1) is 11.8 Å². The summed E-state index contributed by atoms with van der Waals surface area (Å²) in [6.07, 6.45) is 8.24. The molecule has 2 aromatic rings. The van der Waals surface area contributed by atoms with Gasteiger partial charge in [0.15, 0.2) is 11.5 Å². The summed E-state index contributed by atoms with van der Waals surface area (Å²) < 4.78 is 0. The molecule has 6 heteroatoms. The van der Waals surface area contributed by atoms with Crippen LogP contribution in [0.1, 0.15) is 62.5 Å². The molecule has 2 aliphatic rings. The van der Waals surface area contributed by atoms with Crippen molar-refractivity contribution in [3.05, 3.63) is 59.7 Å². The Kier molecular flexibility index (Phi) is 8.91. The Morgan fingerprint density at radius 2 is 1.81 bits per heavy atom. The number of hydrogen-bond acceptors (Lipinski definition) is 5. The van der Waals surface area contributed by atoms with E-state index in [1.54, 1.807) is 12.1 Å². The molecular formula is C30H42N2O4. The van der Waals surface area contributed by atoms with Crippen LogP contribution in [0.3, 0.4) is 0 Å². The monoisotopic (exact) mass is 494 g/mol. The van der Waals surface area contributed by atoms with E-state index in [1.807, 2.05) is 30.1 Å². The third-order valence-electron chi connectivity index (χ3n) is 8.32. The Morgan fingerprint density at radius 1 is 1.03 bits per heavy atom. The first-order chi connectivity index (χ1) is 17.3. The minimum atomic E-state index is -0.806. The predicted octanol–water partition coefficient (Wildman–Crippen LogP) is 4.41. The quantitative estimate of drug-likeness (QED) is 0.259. The second kappa shape index (κ2) is 12.1. The number of carbonyl (C=O) groups is 1. The number of aryl methyl sites for hydroxylation is 2. The molecule has 0 spiro atoms. The summed E-state index contributed by atoms with van der Waals surface area (Å²) in [5.74, 6) is 0.827. The fraction of sp³-hybridized carbons (Fsp3) is 0.567. The van der Waals surface area contributed by atoms with Gasteiger partial charge in [0.1, 0.15) is 0 Å². The van der Waals surface area contributed by atoms with Gasteiger partial charge in [-0.25, -0.2) is 0 Å². The average molecular weight is 495 g/mol. The van der Waals surface area contributed by atoms with Gasteiger partial charge >= 0.3 is 0 Å². The molecule has 0 heterocycles. The number of nitrogens with zero attached hydrogens (tertiary/aromatic N) is 1. The summed E-state index contributed by atoms with van der Waals surface area (Å²) in [6, 6.07) is 15.1. The smallest absolute Gasteiger partial charge is 0.222 e. The van der Waals surface area contributed by atoms with Crippen LogP contribution in [0.5, 0.6) is 11.5 Å².